The van der Waals surface area contributed by atoms with Crippen LogP contribution in [0.5, 0.6) is 11.5 Å². The number of ether oxygens (including phenoxy) is 3. The molecule has 0 saturated heterocycles. The average molecular weight is 1070 g/mol. The maximum atomic E-state index is 15.4. The summed E-state index contributed by atoms with van der Waals surface area (Å²) in [4.78, 5) is 29.8. The lowest BCUT2D eigenvalue weighted by Gasteiger charge is -2.40. The van der Waals surface area contributed by atoms with E-state index in [4.69, 9.17) is 37.4 Å². The van der Waals surface area contributed by atoms with Crippen LogP contribution in [-0.4, -0.2) is 112 Å². The Morgan fingerprint density at radius 1 is 0.514 bits per heavy atom. The van der Waals surface area contributed by atoms with Crippen molar-refractivity contribution in [3.05, 3.63) is 162 Å². The van der Waals surface area contributed by atoms with Gasteiger partial charge < -0.3 is 14.2 Å². The number of carbonyl (C=O) groups excluding carboxylic acids is 2. The van der Waals surface area contributed by atoms with Crippen molar-refractivity contribution in [3.8, 4) is 11.5 Å². The molecule has 4 unspecified atom stereocenters. The number of anilines is 2. The Hall–Kier alpha value is -5.78. The molecular weight excluding hydrogens is 1030 g/mol. The van der Waals surface area contributed by atoms with Gasteiger partial charge in [0.05, 0.1) is 58.6 Å². The fraction of sp³-hybridized carbons (Fsp3) is 0.234. The second kappa shape index (κ2) is 21.3. The highest BCUT2D eigenvalue weighted by Crippen LogP contribution is 2.37. The molecule has 0 bridgehead atoms. The summed E-state index contributed by atoms with van der Waals surface area (Å²) < 4.78 is 137. The number of hydrogen-bond donors (Lipinski definition) is 0. The Bertz CT molecular complexity index is 3220. The molecule has 7 rings (SSSR count). The molecule has 23 heteroatoms. The molecule has 0 saturated carbocycles. The zero-order valence-corrected chi connectivity index (χ0v) is 42.3. The molecule has 0 aromatic heterocycles. The van der Waals surface area contributed by atoms with Crippen LogP contribution in [0.4, 0.5) is 11.4 Å². The van der Waals surface area contributed by atoms with E-state index in [0.717, 1.165) is 14.9 Å². The van der Waals surface area contributed by atoms with E-state index in [1.807, 2.05) is 0 Å². The molecule has 4 atom stereocenters. The minimum atomic E-state index is -4.85. The first kappa shape index (κ1) is 52.1. The van der Waals surface area contributed by atoms with Gasteiger partial charge in [0.2, 0.25) is 30.1 Å². The largest absolute Gasteiger partial charge is 0.497 e. The molecular formula is C47H46Cl2N4O13S4. The highest BCUT2D eigenvalue weighted by Gasteiger charge is 2.52. The van der Waals surface area contributed by atoms with Gasteiger partial charge in [-0.25, -0.2) is 43.3 Å². The van der Waals surface area contributed by atoms with Crippen LogP contribution in [0.15, 0.2) is 166 Å². The van der Waals surface area contributed by atoms with Crippen molar-refractivity contribution in [3.63, 3.8) is 0 Å². The van der Waals surface area contributed by atoms with E-state index in [1.165, 1.54) is 160 Å². The summed E-state index contributed by atoms with van der Waals surface area (Å²) in [7, 11) is -16.1. The Morgan fingerprint density at radius 3 is 1.29 bits per heavy atom. The molecule has 0 amide bonds. The van der Waals surface area contributed by atoms with Gasteiger partial charge in [-0.3, -0.25) is 8.61 Å². The third kappa shape index (κ3) is 10.9. The zero-order valence-electron chi connectivity index (χ0n) is 37.6. The quantitative estimate of drug-likeness (QED) is 0.0622. The molecule has 2 aliphatic heterocycles. The molecule has 0 aliphatic carbocycles. The van der Waals surface area contributed by atoms with Gasteiger partial charge in [-0.1, -0.05) is 65.7 Å². The molecule has 5 aromatic carbocycles. The Kier molecular flexibility index (Phi) is 15.8. The first-order chi connectivity index (χ1) is 33.2. The van der Waals surface area contributed by atoms with Crippen molar-refractivity contribution >= 4 is 86.6 Å². The lowest BCUT2D eigenvalue weighted by Crippen LogP contribution is -2.61. The van der Waals surface area contributed by atoms with Crippen molar-refractivity contribution < 1.29 is 57.5 Å². The number of rotatable bonds is 15. The van der Waals surface area contributed by atoms with Gasteiger partial charge >= 0.3 is 11.9 Å². The predicted molar refractivity (Wildman–Crippen MR) is 264 cm³/mol. The van der Waals surface area contributed by atoms with Crippen LogP contribution < -0.4 is 18.1 Å². The van der Waals surface area contributed by atoms with Gasteiger partial charge in [0.25, 0.3) is 10.0 Å². The number of methoxy groups -OCH3 is 2. The minimum absolute atomic E-state index is 0.0329. The van der Waals surface area contributed by atoms with Crippen molar-refractivity contribution in [1.82, 2.24) is 8.61 Å². The number of esters is 2. The average Bonchev–Trinajstić information content (AvgIpc) is 3.71. The van der Waals surface area contributed by atoms with Gasteiger partial charge in [-0.05, 0) is 122 Å². The Balaban J connectivity index is 1.43. The molecule has 0 fully saturated rings. The first-order valence-corrected chi connectivity index (χ1v) is 28.1. The van der Waals surface area contributed by atoms with Crippen molar-refractivity contribution in [1.29, 1.82) is 0 Å². The number of benzene rings is 5. The SMILES string of the molecule is COc1ccc(S(=O)(=O)N2CC=CCC(N(c3ccc(Cl)cc3)S(C)(=O)=O)C2C(=O)OC(=O)C2C(N(c3ccc(Cl)cc3)S(=O)(=O)c3ccccc3)CC=CCN2S(=O)(=O)c2ccc(OC)cc2)cc1. The van der Waals surface area contributed by atoms with E-state index in [1.54, 1.807) is 6.07 Å². The Morgan fingerprint density at radius 2 is 0.900 bits per heavy atom. The molecule has 2 heterocycles. The topological polar surface area (TPSA) is 211 Å². The Labute approximate surface area is 417 Å². The van der Waals surface area contributed by atoms with Crippen LogP contribution in [0.2, 0.25) is 10.0 Å². The normalized spacial score (nSPS) is 19.3. The molecule has 17 nitrogen and oxygen atoms in total. The van der Waals surface area contributed by atoms with Crippen LogP contribution in [0.3, 0.4) is 0 Å². The molecule has 70 heavy (non-hydrogen) atoms. The van der Waals surface area contributed by atoms with Crippen LogP contribution in [-0.2, 0) is 54.4 Å². The molecule has 5 aromatic rings. The lowest BCUT2D eigenvalue weighted by atomic mass is 10.0. The van der Waals surface area contributed by atoms with Gasteiger partial charge in [-0.2, -0.15) is 8.61 Å². The van der Waals surface area contributed by atoms with Crippen LogP contribution in [0, 0.1) is 0 Å². The second-order valence-corrected chi connectivity index (χ2v) is 24.1. The van der Waals surface area contributed by atoms with E-state index in [0.29, 0.717) is 20.1 Å². The van der Waals surface area contributed by atoms with E-state index in [9.17, 15) is 25.3 Å². The summed E-state index contributed by atoms with van der Waals surface area (Å²) in [5, 5.41) is 0.446. The molecule has 0 spiro atoms. The van der Waals surface area contributed by atoms with Crippen molar-refractivity contribution in [2.75, 3.05) is 42.2 Å². The van der Waals surface area contributed by atoms with Crippen LogP contribution in [0.25, 0.3) is 0 Å². The first-order valence-electron chi connectivity index (χ1n) is 21.2. The summed E-state index contributed by atoms with van der Waals surface area (Å²) in [6.45, 7) is -1.09. The van der Waals surface area contributed by atoms with Gasteiger partial charge in [-0.15, -0.1) is 0 Å². The number of halogens is 2. The highest BCUT2D eigenvalue weighted by molar-refractivity contribution is 7.93. The molecule has 2 aliphatic rings. The van der Waals surface area contributed by atoms with Crippen LogP contribution in [0.1, 0.15) is 12.8 Å². The number of carbonyl (C=O) groups is 2. The van der Waals surface area contributed by atoms with E-state index >= 15 is 18.0 Å². The summed E-state index contributed by atoms with van der Waals surface area (Å²) >= 11 is 12.5. The van der Waals surface area contributed by atoms with Gasteiger partial charge in [0.1, 0.15) is 23.6 Å². The number of nitrogens with zero attached hydrogens (tertiary/aromatic N) is 4. The standard InChI is InChI=1S/C47H46Cl2N4O13S4/c1-64-37-23-27-40(28-24-37)68(58,59)50-31-9-7-13-42(52(67(3,56)57)35-19-15-33(48)16-20-35)44(50)46(54)66-47(55)45-43(14-8-10-32-51(45)69(60,61)41-29-25-38(65-2)26-30-41)53(36-21-17-34(49)18-22-36)70(62,63)39-11-5-4-6-12-39/h4-12,15-30,42-45H,13-14,31-32H2,1-3H3. The van der Waals surface area contributed by atoms with Gasteiger partial charge in [0, 0.05) is 23.1 Å². The molecule has 0 radical (unpaired) electrons. The number of hydrogen-bond acceptors (Lipinski definition) is 13. The van der Waals surface area contributed by atoms with Gasteiger partial charge in [0.15, 0.2) is 0 Å². The third-order valence-electron chi connectivity index (χ3n) is 11.4. The monoisotopic (exact) mass is 1070 g/mol. The summed E-state index contributed by atoms with van der Waals surface area (Å²) in [5.74, 6) is -2.64. The van der Waals surface area contributed by atoms with Crippen LogP contribution >= 0.6 is 23.2 Å². The van der Waals surface area contributed by atoms with Crippen molar-refractivity contribution in [2.45, 2.75) is 51.7 Å². The smallest absolute Gasteiger partial charge is 0.334 e. The zero-order chi connectivity index (χ0) is 50.6. The summed E-state index contributed by atoms with van der Waals surface area (Å²) in [6.07, 6.45) is 5.95. The van der Waals surface area contributed by atoms with E-state index < -0.39 is 89.3 Å². The summed E-state index contributed by atoms with van der Waals surface area (Å²) in [6, 6.07) is 20.6. The van der Waals surface area contributed by atoms with E-state index in [2.05, 4.69) is 0 Å². The highest BCUT2D eigenvalue weighted by atomic mass is 35.5. The third-order valence-corrected chi connectivity index (χ3v) is 18.7. The minimum Gasteiger partial charge on any atom is -0.497 e. The predicted octanol–water partition coefficient (Wildman–Crippen LogP) is 6.52. The second-order valence-electron chi connectivity index (χ2n) is 15.8. The van der Waals surface area contributed by atoms with Crippen molar-refractivity contribution in [2.24, 2.45) is 0 Å². The maximum absolute atomic E-state index is 15.4. The fourth-order valence-electron chi connectivity index (χ4n) is 8.19. The molecule has 370 valence electrons. The molecule has 0 N–H and O–H groups in total. The fourth-order valence-corrected chi connectivity index (χ4v) is 14.4. The van der Waals surface area contributed by atoms with E-state index in [-0.39, 0.29) is 48.9 Å². The summed E-state index contributed by atoms with van der Waals surface area (Å²) in [5.41, 5.74) is -0.0904. The maximum Gasteiger partial charge on any atom is 0.334 e. The lowest BCUT2D eigenvalue weighted by molar-refractivity contribution is -0.165. The number of sulfonamides is 4.